The first-order chi connectivity index (χ1) is 30.3. The zero-order valence-electron chi connectivity index (χ0n) is 39.3. The van der Waals surface area contributed by atoms with Crippen LogP contribution in [-0.2, 0) is 10.8 Å². The molecule has 0 bridgehead atoms. The summed E-state index contributed by atoms with van der Waals surface area (Å²) in [5.74, 6) is -0.350. The predicted molar refractivity (Wildman–Crippen MR) is 260 cm³/mol. The first-order valence-electron chi connectivity index (χ1n) is 25.4. The van der Waals surface area contributed by atoms with Crippen molar-refractivity contribution in [2.45, 2.75) is 232 Å². The normalized spacial score (nSPS) is 14.6. The van der Waals surface area contributed by atoms with E-state index in [2.05, 4.69) is 53.7 Å². The van der Waals surface area contributed by atoms with Gasteiger partial charge in [-0.15, -0.1) is 0 Å². The van der Waals surface area contributed by atoms with Gasteiger partial charge in [-0.1, -0.05) is 27.7 Å². The zero-order chi connectivity index (χ0) is 43.7. The molecule has 0 spiro atoms. The van der Waals surface area contributed by atoms with Crippen molar-refractivity contribution in [3.63, 3.8) is 0 Å². The van der Waals surface area contributed by atoms with Crippen LogP contribution in [0.3, 0.4) is 0 Å². The molecule has 5 aromatic rings. The maximum absolute atomic E-state index is 19.3. The Balaban J connectivity index is 1.47. The van der Waals surface area contributed by atoms with Crippen LogP contribution in [0.4, 0.5) is 8.78 Å². The van der Waals surface area contributed by atoms with Gasteiger partial charge in [0.1, 0.15) is 0 Å². The Bertz CT molecular complexity index is 2060. The minimum absolute atomic E-state index is 0.175. The number of fused-ring (bicyclic) bond motifs is 10. The molecule has 0 atom stereocenters. The molecule has 8 heteroatoms. The van der Waals surface area contributed by atoms with E-state index in [9.17, 15) is 0 Å². The van der Waals surface area contributed by atoms with Crippen LogP contribution in [0.25, 0.3) is 44.3 Å². The van der Waals surface area contributed by atoms with Gasteiger partial charge < -0.3 is 0 Å². The van der Waals surface area contributed by atoms with Gasteiger partial charge in [-0.2, -0.15) is 0 Å². The Morgan fingerprint density at radius 1 is 0.387 bits per heavy atom. The van der Waals surface area contributed by atoms with Crippen LogP contribution in [0.15, 0.2) is 12.1 Å². The van der Waals surface area contributed by atoms with Crippen LogP contribution in [0, 0.1) is 25.5 Å². The molecular weight excluding hydrogens is 901 g/mol. The first kappa shape index (κ1) is 47.7. The van der Waals surface area contributed by atoms with Crippen molar-refractivity contribution >= 4 is 52.0 Å². The van der Waals surface area contributed by atoms with Crippen LogP contribution >= 0.6 is 0 Å². The van der Waals surface area contributed by atoms with Crippen molar-refractivity contribution in [1.82, 2.24) is 15.9 Å². The first-order valence-corrected chi connectivity index (χ1v) is 28.5. The summed E-state index contributed by atoms with van der Waals surface area (Å²) in [4.78, 5) is 0. The number of hydrogen-bond donors (Lipinski definition) is 0. The maximum atomic E-state index is 19.3. The summed E-state index contributed by atoms with van der Waals surface area (Å²) < 4.78 is 58.7. The molecule has 62 heavy (non-hydrogen) atoms. The van der Waals surface area contributed by atoms with Crippen molar-refractivity contribution in [3.05, 3.63) is 57.1 Å². The summed E-state index contributed by atoms with van der Waals surface area (Å²) in [5, 5.41) is 0. The van der Waals surface area contributed by atoms with E-state index in [1.54, 1.807) is 0 Å². The zero-order valence-corrected chi connectivity index (χ0v) is 42.7. The van der Waals surface area contributed by atoms with Crippen LogP contribution in [0.2, 0.25) is 0 Å². The van der Waals surface area contributed by atoms with E-state index >= 15 is 8.78 Å². The van der Waals surface area contributed by atoms with E-state index in [0.717, 1.165) is 132 Å². The molecule has 0 N–H and O–H groups in total. The molecule has 2 heterocycles. The molecule has 7 rings (SSSR count). The van der Waals surface area contributed by atoms with E-state index in [1.807, 2.05) is 0 Å². The number of rotatable bonds is 28. The van der Waals surface area contributed by atoms with Crippen LogP contribution < -0.4 is 0 Å². The van der Waals surface area contributed by atoms with Gasteiger partial charge >= 0.3 is 361 Å². The Kier molecular flexibility index (Phi) is 17.2. The standard InChI is InChI=1S/C54H76F2N4Se2/c1-7-11-15-19-23-27-31-53(32-28-24-20-16-12-8-2)39-35-37(5)49-51(59-61-57-49)41(39)43-45(53)47(55)44-42-40(36-38(6)50-52(42)60-62-58-50)54(46(44)48(43)56,33-29-25-21-17-13-9-3)34-30-26-22-18-14-10-4/h35-36H,7-34H2,1-6H3. The van der Waals surface area contributed by atoms with Crippen molar-refractivity contribution < 1.29 is 8.78 Å². The molecule has 0 aliphatic heterocycles. The van der Waals surface area contributed by atoms with Crippen LogP contribution in [0.1, 0.15) is 241 Å². The van der Waals surface area contributed by atoms with Crippen molar-refractivity contribution in [3.8, 4) is 22.3 Å². The number of unbranched alkanes of at least 4 members (excludes halogenated alkanes) is 20. The molecule has 0 saturated heterocycles. The molecule has 0 amide bonds. The molecule has 3 aromatic carbocycles. The molecule has 338 valence electrons. The average Bonchev–Trinajstić information content (AvgIpc) is 4.07. The molecule has 2 aliphatic carbocycles. The van der Waals surface area contributed by atoms with Gasteiger partial charge in [-0.3, -0.25) is 0 Å². The quantitative estimate of drug-likeness (QED) is 0.0370. The summed E-state index contributed by atoms with van der Waals surface area (Å²) >= 11 is -0.587. The van der Waals surface area contributed by atoms with Gasteiger partial charge in [0.15, 0.2) is 0 Å². The number of halogens is 2. The third-order valence-corrected chi connectivity index (χ3v) is 17.4. The van der Waals surface area contributed by atoms with Gasteiger partial charge in [0.2, 0.25) is 0 Å². The summed E-state index contributed by atoms with van der Waals surface area (Å²) in [6.45, 7) is 13.4. The smallest absolute Gasteiger partial charge is 0.0654 e. The minimum atomic E-state index is -0.631. The fourth-order valence-electron chi connectivity index (χ4n) is 11.9. The third kappa shape index (κ3) is 9.26. The molecule has 2 aliphatic rings. The van der Waals surface area contributed by atoms with Gasteiger partial charge in [-0.25, -0.2) is 0 Å². The average molecular weight is 977 g/mol. The van der Waals surface area contributed by atoms with E-state index < -0.39 is 10.8 Å². The predicted octanol–water partition coefficient (Wildman–Crippen LogP) is 16.1. The fraction of sp³-hybridized carbons (Fsp3) is 0.667. The number of hydrogen-bond acceptors (Lipinski definition) is 4. The summed E-state index contributed by atoms with van der Waals surface area (Å²) in [6.07, 6.45) is 31.3. The number of benzene rings is 3. The molecule has 0 radical (unpaired) electrons. The second kappa shape index (κ2) is 22.3. The molecule has 4 nitrogen and oxygen atoms in total. The fourth-order valence-corrected chi connectivity index (χ4v) is 14.5. The van der Waals surface area contributed by atoms with Crippen LogP contribution in [-0.4, -0.2) is 45.8 Å². The monoisotopic (exact) mass is 978 g/mol. The van der Waals surface area contributed by atoms with Gasteiger partial charge in [0.05, 0.1) is 0 Å². The third-order valence-electron chi connectivity index (χ3n) is 15.2. The Morgan fingerprint density at radius 2 is 0.661 bits per heavy atom. The summed E-state index contributed by atoms with van der Waals surface area (Å²) in [7, 11) is 0. The summed E-state index contributed by atoms with van der Waals surface area (Å²) in [6, 6.07) is 4.61. The van der Waals surface area contributed by atoms with Crippen molar-refractivity contribution in [1.29, 1.82) is 0 Å². The molecule has 0 fully saturated rings. The Labute approximate surface area is 386 Å². The molecule has 0 saturated carbocycles. The van der Waals surface area contributed by atoms with Crippen LogP contribution in [0.5, 0.6) is 0 Å². The van der Waals surface area contributed by atoms with Gasteiger partial charge in [-0.05, 0) is 0 Å². The molecule has 2 aromatic heterocycles. The SMILES string of the molecule is CCCCCCCCC1(CCCCCCCC)c2cc(C)c3n[se]nc3c2-c2c(F)c3c(c(F)c21)-c1c(cc(C)c2n[se]nc12)C3(CCCCCCCC)CCCCCCCC. The van der Waals surface area contributed by atoms with Gasteiger partial charge in [0, 0.05) is 0 Å². The second-order valence-electron chi connectivity index (χ2n) is 19.5. The molecule has 0 unspecified atom stereocenters. The van der Waals surface area contributed by atoms with Crippen molar-refractivity contribution in [2.75, 3.05) is 0 Å². The minimum Gasteiger partial charge on any atom is -0.0654 e. The van der Waals surface area contributed by atoms with Gasteiger partial charge in [0.25, 0.3) is 0 Å². The Hall–Kier alpha value is -2.24. The topological polar surface area (TPSA) is 51.6 Å². The Morgan fingerprint density at radius 3 is 0.968 bits per heavy atom. The number of aryl methyl sites for hydroxylation is 2. The number of nitrogens with zero attached hydrogens (tertiary/aromatic N) is 4. The van der Waals surface area contributed by atoms with E-state index in [1.165, 1.54) is 103 Å². The summed E-state index contributed by atoms with van der Waals surface area (Å²) in [5.41, 5.74) is 10.7. The second-order valence-corrected chi connectivity index (χ2v) is 21.7. The van der Waals surface area contributed by atoms with E-state index in [0.29, 0.717) is 22.3 Å². The van der Waals surface area contributed by atoms with E-state index in [-0.39, 0.29) is 41.6 Å². The molecular formula is C54H76F2N4Se2. The van der Waals surface area contributed by atoms with E-state index in [4.69, 9.17) is 15.9 Å². The number of aromatic nitrogens is 4. The van der Waals surface area contributed by atoms with Crippen molar-refractivity contribution in [2.24, 2.45) is 0 Å².